The van der Waals surface area contributed by atoms with Gasteiger partial charge in [0, 0.05) is 52.3 Å². The van der Waals surface area contributed by atoms with Gasteiger partial charge in [-0.05, 0) is 138 Å². The summed E-state index contributed by atoms with van der Waals surface area (Å²) in [5.41, 5.74) is 6.17. The predicted molar refractivity (Wildman–Crippen MR) is 217 cm³/mol. The molecular formula is C42H51F2N5O7S. The van der Waals surface area contributed by atoms with Crippen molar-refractivity contribution in [3.63, 3.8) is 0 Å². The fourth-order valence-corrected chi connectivity index (χ4v) is 8.01. The van der Waals surface area contributed by atoms with Gasteiger partial charge in [0.05, 0.1) is 10.8 Å². The van der Waals surface area contributed by atoms with Crippen molar-refractivity contribution in [2.24, 2.45) is 0 Å². The molecule has 0 saturated heterocycles. The molecule has 306 valence electrons. The van der Waals surface area contributed by atoms with Crippen LogP contribution in [0.1, 0.15) is 88.2 Å². The number of likely N-dealkylation sites (N-methyl/N-ethyl adjacent to an activating group) is 1. The number of nitrogen functional groups attached to an aromatic ring is 1. The van der Waals surface area contributed by atoms with E-state index < -0.39 is 58.7 Å². The minimum atomic E-state index is -3.51. The first kappa shape index (κ1) is 43.0. The van der Waals surface area contributed by atoms with E-state index in [2.05, 4.69) is 10.3 Å². The van der Waals surface area contributed by atoms with Crippen molar-refractivity contribution in [2.45, 2.75) is 108 Å². The van der Waals surface area contributed by atoms with Gasteiger partial charge in [-0.25, -0.2) is 14.6 Å². The molecule has 0 radical (unpaired) electrons. The van der Waals surface area contributed by atoms with Crippen LogP contribution in [0.15, 0.2) is 65.7 Å². The lowest BCUT2D eigenvalue weighted by atomic mass is 9.91. The van der Waals surface area contributed by atoms with Crippen molar-refractivity contribution in [3.05, 3.63) is 88.6 Å². The summed E-state index contributed by atoms with van der Waals surface area (Å²) in [6.45, 7) is 11.7. The minimum Gasteiger partial charge on any atom is -0.443 e. The highest BCUT2D eigenvalue weighted by Crippen LogP contribution is 2.37. The molecule has 12 nitrogen and oxygen atoms in total. The number of aromatic nitrogens is 1. The maximum atomic E-state index is 14.9. The molecule has 5 rings (SSSR count). The van der Waals surface area contributed by atoms with Crippen LogP contribution in [-0.4, -0.2) is 67.4 Å². The Hall–Kier alpha value is -5.15. The molecule has 1 saturated carbocycles. The highest BCUT2D eigenvalue weighted by atomic mass is 32.2. The average Bonchev–Trinajstić information content (AvgIpc) is 3.94. The molecular weight excluding hydrogens is 757 g/mol. The molecule has 1 aromatic heterocycles. The van der Waals surface area contributed by atoms with Crippen LogP contribution < -0.4 is 16.0 Å². The van der Waals surface area contributed by atoms with Gasteiger partial charge in [-0.1, -0.05) is 12.1 Å². The van der Waals surface area contributed by atoms with Crippen LogP contribution in [0.25, 0.3) is 10.8 Å². The van der Waals surface area contributed by atoms with Crippen LogP contribution in [0, 0.1) is 13.8 Å². The van der Waals surface area contributed by atoms with E-state index in [9.17, 15) is 32.5 Å². The first-order chi connectivity index (χ1) is 26.5. The Balaban J connectivity index is 1.57. The molecule has 1 aliphatic carbocycles. The molecule has 3 aromatic carbocycles. The number of pyridine rings is 1. The smallest absolute Gasteiger partial charge is 0.425 e. The number of anilines is 3. The number of nitrogens with one attached hydrogen (secondary N) is 1. The largest absolute Gasteiger partial charge is 0.443 e. The van der Waals surface area contributed by atoms with Gasteiger partial charge in [-0.3, -0.25) is 9.00 Å². The SMILES string of the molecule is Cc1cc(C(Nc2ccc3c(N(C(=O)OC(C)(C)C)C(=O)OC(C)(C)C)nccc3c2)C(=O)N(C)Cc2cc(N)ccc2S(=O)C2CC2)cc(C)c1C(F)(F)CO. The van der Waals surface area contributed by atoms with E-state index in [1.165, 1.54) is 37.1 Å². The van der Waals surface area contributed by atoms with E-state index in [0.717, 1.165) is 17.7 Å². The number of hydrogen-bond donors (Lipinski definition) is 3. The summed E-state index contributed by atoms with van der Waals surface area (Å²) in [4.78, 5) is 48.7. The maximum absolute atomic E-state index is 14.9. The van der Waals surface area contributed by atoms with Crippen LogP contribution in [0.4, 0.5) is 35.6 Å². The first-order valence-corrected chi connectivity index (χ1v) is 19.8. The summed E-state index contributed by atoms with van der Waals surface area (Å²) in [5, 5.41) is 13.7. The van der Waals surface area contributed by atoms with E-state index in [1.54, 1.807) is 91.1 Å². The van der Waals surface area contributed by atoms with Gasteiger partial charge in [-0.15, -0.1) is 0 Å². The number of amides is 3. The van der Waals surface area contributed by atoms with Crippen LogP contribution in [0.2, 0.25) is 0 Å². The second kappa shape index (κ2) is 16.4. The summed E-state index contributed by atoms with van der Waals surface area (Å²) >= 11 is 0. The second-order valence-electron chi connectivity index (χ2n) is 16.4. The molecule has 4 N–H and O–H groups in total. The molecule has 57 heavy (non-hydrogen) atoms. The average molecular weight is 808 g/mol. The van der Waals surface area contributed by atoms with Gasteiger partial charge in [-0.2, -0.15) is 13.7 Å². The van der Waals surface area contributed by atoms with E-state index in [0.29, 0.717) is 38.2 Å². The highest BCUT2D eigenvalue weighted by molar-refractivity contribution is 7.86. The molecule has 3 amide bonds. The number of ether oxygens (including phenoxy) is 2. The summed E-state index contributed by atoms with van der Waals surface area (Å²) in [7, 11) is 0.323. The number of alkyl halides is 2. The van der Waals surface area contributed by atoms with Crippen LogP contribution in [0.3, 0.4) is 0 Å². The number of hydrogen-bond acceptors (Lipinski definition) is 10. The Bertz CT molecular complexity index is 2160. The zero-order chi connectivity index (χ0) is 42.2. The number of fused-ring (bicyclic) bond motifs is 1. The van der Waals surface area contributed by atoms with Crippen molar-refractivity contribution in [1.29, 1.82) is 0 Å². The molecule has 1 aliphatic rings. The van der Waals surface area contributed by atoms with E-state index in [4.69, 9.17) is 15.2 Å². The fraction of sp³-hybridized carbons (Fsp3) is 0.429. The third-order valence-electron chi connectivity index (χ3n) is 9.03. The summed E-state index contributed by atoms with van der Waals surface area (Å²) in [6, 6.07) is 13.6. The van der Waals surface area contributed by atoms with Gasteiger partial charge in [0.25, 0.3) is 5.92 Å². The minimum absolute atomic E-state index is 0.0388. The number of aliphatic hydroxyl groups is 1. The molecule has 0 spiro atoms. The molecule has 2 unspecified atom stereocenters. The molecule has 0 bridgehead atoms. The van der Waals surface area contributed by atoms with Crippen molar-refractivity contribution < 1.29 is 42.0 Å². The standard InChI is InChI=1S/C42H51F2N5O7S/c1-24-18-27(19-25(2)34(24)42(43,44)23-50)35(37(51)48(9)22-28-20-29(45)10-15-33(28)57(54)31-12-13-31)47-30-11-14-32-26(21-30)16-17-46-36(32)49(38(52)55-40(3,4)5)39(53)56-41(6,7)8/h10-11,14-21,31,35,47,50H,12-13,22-23,45H2,1-9H3. The summed E-state index contributed by atoms with van der Waals surface area (Å²) in [5.74, 6) is -3.98. The zero-order valence-corrected chi connectivity index (χ0v) is 34.6. The number of nitrogens with two attached hydrogens (primary N) is 1. The number of imide groups is 1. The maximum Gasteiger partial charge on any atom is 0.425 e. The lowest BCUT2D eigenvalue weighted by Gasteiger charge is -2.29. The molecule has 15 heteroatoms. The number of nitrogens with zero attached hydrogens (tertiary/aromatic N) is 3. The van der Waals surface area contributed by atoms with Gasteiger partial charge in [0.15, 0.2) is 5.82 Å². The normalized spacial score (nSPS) is 14.5. The van der Waals surface area contributed by atoms with E-state index >= 15 is 0 Å². The fourth-order valence-electron chi connectivity index (χ4n) is 6.50. The Morgan fingerprint density at radius 2 is 1.54 bits per heavy atom. The van der Waals surface area contributed by atoms with Gasteiger partial charge >= 0.3 is 12.2 Å². The summed E-state index contributed by atoms with van der Waals surface area (Å²) < 4.78 is 54.1. The third kappa shape index (κ3) is 10.2. The lowest BCUT2D eigenvalue weighted by Crippen LogP contribution is -2.44. The molecule has 1 heterocycles. The number of aliphatic hydroxyl groups excluding tert-OH is 1. The van der Waals surface area contributed by atoms with E-state index in [-0.39, 0.29) is 34.3 Å². The van der Waals surface area contributed by atoms with Crippen molar-refractivity contribution in [3.8, 4) is 0 Å². The molecule has 2 atom stereocenters. The van der Waals surface area contributed by atoms with Gasteiger partial charge < -0.3 is 30.5 Å². The molecule has 4 aromatic rings. The van der Waals surface area contributed by atoms with Crippen molar-refractivity contribution >= 4 is 56.9 Å². The van der Waals surface area contributed by atoms with Gasteiger partial charge in [0.1, 0.15) is 23.9 Å². The summed E-state index contributed by atoms with van der Waals surface area (Å²) in [6.07, 6.45) is 1.15. The van der Waals surface area contributed by atoms with Crippen LogP contribution in [-0.2, 0) is 37.5 Å². The number of halogens is 2. The topological polar surface area (TPSA) is 164 Å². The second-order valence-corrected chi connectivity index (χ2v) is 18.1. The van der Waals surface area contributed by atoms with Crippen molar-refractivity contribution in [2.75, 3.05) is 29.6 Å². The number of aryl methyl sites for hydroxylation is 2. The third-order valence-corrected chi connectivity index (χ3v) is 10.9. The Labute approximate surface area is 334 Å². The quantitative estimate of drug-likeness (QED) is 0.126. The monoisotopic (exact) mass is 807 g/mol. The van der Waals surface area contributed by atoms with Crippen LogP contribution >= 0.6 is 0 Å². The van der Waals surface area contributed by atoms with Crippen LogP contribution in [0.5, 0.6) is 0 Å². The lowest BCUT2D eigenvalue weighted by molar-refractivity contribution is -0.131. The molecule has 0 aliphatic heterocycles. The first-order valence-electron chi connectivity index (χ1n) is 18.6. The zero-order valence-electron chi connectivity index (χ0n) is 33.7. The Morgan fingerprint density at radius 3 is 2.09 bits per heavy atom. The number of benzene rings is 3. The number of carbonyl (C=O) groups excluding carboxylic acids is 3. The van der Waals surface area contributed by atoms with Gasteiger partial charge in [0.2, 0.25) is 5.91 Å². The highest BCUT2D eigenvalue weighted by Gasteiger charge is 2.37. The predicted octanol–water partition coefficient (Wildman–Crippen LogP) is 8.28. The van der Waals surface area contributed by atoms with Crippen molar-refractivity contribution in [1.82, 2.24) is 9.88 Å². The number of rotatable bonds is 11. The number of carbonyl (C=O) groups is 3. The Morgan fingerprint density at radius 1 is 0.947 bits per heavy atom. The van der Waals surface area contributed by atoms with E-state index in [1.807, 2.05) is 0 Å². The Kier molecular flexibility index (Phi) is 12.3. The molecule has 1 fully saturated rings.